The first-order chi connectivity index (χ1) is 22.0. The van der Waals surface area contributed by atoms with Gasteiger partial charge in [-0.15, -0.1) is 10.2 Å². The number of carboxylic acids is 1. The summed E-state index contributed by atoms with van der Waals surface area (Å²) in [4.78, 5) is 33.7. The third-order valence-corrected chi connectivity index (χ3v) is 8.74. The van der Waals surface area contributed by atoms with Gasteiger partial charge in [-0.3, -0.25) is 19.1 Å². The number of rotatable bonds is 8. The van der Waals surface area contributed by atoms with E-state index in [2.05, 4.69) is 20.6 Å². The molecule has 6 rings (SSSR count). The molecule has 0 spiro atoms. The molecule has 1 aliphatic heterocycles. The van der Waals surface area contributed by atoms with Crippen LogP contribution < -0.4 is 20.5 Å². The predicted octanol–water partition coefficient (Wildman–Crippen LogP) is 4.84. The first-order valence-corrected chi connectivity index (χ1v) is 15.2. The number of aromatic hydroxyl groups is 1. The van der Waals surface area contributed by atoms with Crippen molar-refractivity contribution in [2.75, 3.05) is 38.8 Å². The summed E-state index contributed by atoms with van der Waals surface area (Å²) in [5.41, 5.74) is 3.93. The van der Waals surface area contributed by atoms with Gasteiger partial charge in [0.1, 0.15) is 11.3 Å². The van der Waals surface area contributed by atoms with E-state index in [1.165, 1.54) is 20.4 Å². The highest BCUT2D eigenvalue weighted by Crippen LogP contribution is 2.44. The molecule has 1 atom stereocenters. The highest BCUT2D eigenvalue weighted by molar-refractivity contribution is 7.80. The largest absolute Gasteiger partial charge is 0.493 e. The SMILES string of the molecule is CONC(=S)N=Nc1c(O)n(CN2CCN(c3c(F)cc4c(=O)c(C(=O)O)cn(C5CC5)c4c3OC)CC2C)c2ccc(C)cc12. The van der Waals surface area contributed by atoms with Crippen LogP contribution in [0, 0.1) is 12.7 Å². The van der Waals surface area contributed by atoms with Gasteiger partial charge < -0.3 is 24.4 Å². The first kappa shape index (κ1) is 31.4. The normalized spacial score (nSPS) is 17.3. The van der Waals surface area contributed by atoms with E-state index in [0.29, 0.717) is 37.2 Å². The third kappa shape index (κ3) is 5.54. The van der Waals surface area contributed by atoms with Gasteiger partial charge in [0.15, 0.2) is 17.3 Å². The molecule has 1 saturated carbocycles. The molecule has 1 unspecified atom stereocenters. The van der Waals surface area contributed by atoms with Gasteiger partial charge in [0.2, 0.25) is 16.4 Å². The van der Waals surface area contributed by atoms with Gasteiger partial charge in [0, 0.05) is 43.3 Å². The molecule has 13 nitrogen and oxygen atoms in total. The number of aryl methyl sites for hydroxylation is 1. The number of aromatic carboxylic acids is 1. The Balaban J connectivity index is 1.32. The van der Waals surface area contributed by atoms with Gasteiger partial charge in [0.25, 0.3) is 0 Å². The Bertz CT molecular complexity index is 1970. The number of azo groups is 1. The van der Waals surface area contributed by atoms with Crippen molar-refractivity contribution in [1.29, 1.82) is 0 Å². The van der Waals surface area contributed by atoms with Crippen molar-refractivity contribution < 1.29 is 29.0 Å². The second kappa shape index (κ2) is 12.3. The number of nitrogens with one attached hydrogen (secondary N) is 1. The van der Waals surface area contributed by atoms with Crippen molar-refractivity contribution in [2.24, 2.45) is 10.2 Å². The Kier molecular flexibility index (Phi) is 8.39. The lowest BCUT2D eigenvalue weighted by molar-refractivity contribution is 0.0694. The predicted molar refractivity (Wildman–Crippen MR) is 174 cm³/mol. The van der Waals surface area contributed by atoms with Crippen LogP contribution in [0.15, 0.2) is 45.5 Å². The zero-order valence-corrected chi connectivity index (χ0v) is 26.6. The van der Waals surface area contributed by atoms with E-state index in [9.17, 15) is 19.8 Å². The number of fused-ring (bicyclic) bond motifs is 2. The fraction of sp³-hybridized carbons (Fsp3) is 0.387. The number of hydrogen-bond acceptors (Lipinski definition) is 9. The number of nitrogens with zero attached hydrogens (tertiary/aromatic N) is 6. The maximum absolute atomic E-state index is 15.9. The first-order valence-electron chi connectivity index (χ1n) is 14.8. The van der Waals surface area contributed by atoms with Crippen LogP contribution in [-0.4, -0.2) is 75.2 Å². The Labute approximate surface area is 268 Å². The van der Waals surface area contributed by atoms with Crippen molar-refractivity contribution in [2.45, 2.75) is 45.4 Å². The molecule has 2 aromatic heterocycles. The summed E-state index contributed by atoms with van der Waals surface area (Å²) in [6, 6.07) is 6.83. The summed E-state index contributed by atoms with van der Waals surface area (Å²) in [7, 11) is 2.84. The number of piperazine rings is 1. The average Bonchev–Trinajstić information content (AvgIpc) is 3.83. The quantitative estimate of drug-likeness (QED) is 0.137. The number of carboxylic acid groups (broad SMARTS) is 1. The van der Waals surface area contributed by atoms with Gasteiger partial charge in [0.05, 0.1) is 37.3 Å². The molecule has 1 saturated heterocycles. The molecular weight excluding hydrogens is 617 g/mol. The topological polar surface area (TPSA) is 146 Å². The number of pyridine rings is 1. The van der Waals surface area contributed by atoms with Crippen LogP contribution in [0.3, 0.4) is 0 Å². The van der Waals surface area contributed by atoms with Gasteiger partial charge in [-0.2, -0.15) is 0 Å². The summed E-state index contributed by atoms with van der Waals surface area (Å²) >= 11 is 5.07. The summed E-state index contributed by atoms with van der Waals surface area (Å²) in [6.45, 7) is 5.64. The lowest BCUT2D eigenvalue weighted by Crippen LogP contribution is -2.52. The Morgan fingerprint density at radius 2 is 1.96 bits per heavy atom. The van der Waals surface area contributed by atoms with E-state index in [4.69, 9.17) is 21.8 Å². The zero-order chi connectivity index (χ0) is 32.9. The van der Waals surface area contributed by atoms with Crippen LogP contribution in [0.25, 0.3) is 21.8 Å². The molecule has 46 heavy (non-hydrogen) atoms. The summed E-state index contributed by atoms with van der Waals surface area (Å²) < 4.78 is 25.2. The minimum absolute atomic E-state index is 0.00741. The molecule has 0 radical (unpaired) electrons. The molecule has 15 heteroatoms. The van der Waals surface area contributed by atoms with Crippen molar-refractivity contribution in [3.05, 3.63) is 57.6 Å². The smallest absolute Gasteiger partial charge is 0.341 e. The van der Waals surface area contributed by atoms with Crippen LogP contribution in [0.5, 0.6) is 11.6 Å². The molecule has 4 aromatic rings. The van der Waals surface area contributed by atoms with Crippen LogP contribution in [-0.2, 0) is 11.5 Å². The molecule has 0 bridgehead atoms. The molecule has 2 aromatic carbocycles. The highest BCUT2D eigenvalue weighted by Gasteiger charge is 2.34. The Morgan fingerprint density at radius 3 is 2.61 bits per heavy atom. The summed E-state index contributed by atoms with van der Waals surface area (Å²) in [5.74, 6) is -1.88. The number of anilines is 1. The molecule has 3 heterocycles. The number of thiocarbonyl (C=S) groups is 1. The molecule has 1 aliphatic carbocycles. The molecule has 242 valence electrons. The second-order valence-corrected chi connectivity index (χ2v) is 12.0. The van der Waals surface area contributed by atoms with E-state index in [1.807, 2.05) is 36.9 Å². The Hall–Kier alpha value is -4.60. The summed E-state index contributed by atoms with van der Waals surface area (Å²) in [5, 5.41) is 29.8. The number of aromatic nitrogens is 2. The number of hydroxylamine groups is 1. The molecule has 2 fully saturated rings. The monoisotopic (exact) mass is 651 g/mol. The number of halogens is 1. The van der Waals surface area contributed by atoms with Crippen LogP contribution in [0.1, 0.15) is 41.7 Å². The maximum Gasteiger partial charge on any atom is 0.341 e. The van der Waals surface area contributed by atoms with Crippen molar-refractivity contribution in [3.8, 4) is 11.6 Å². The number of ether oxygens (including phenoxy) is 1. The van der Waals surface area contributed by atoms with Gasteiger partial charge >= 0.3 is 5.97 Å². The van der Waals surface area contributed by atoms with Gasteiger partial charge in [-0.1, -0.05) is 11.6 Å². The number of methoxy groups -OCH3 is 1. The summed E-state index contributed by atoms with van der Waals surface area (Å²) in [6.07, 6.45) is 2.99. The van der Waals surface area contributed by atoms with E-state index >= 15 is 4.39 Å². The minimum atomic E-state index is -1.35. The molecule has 2 aliphatic rings. The van der Waals surface area contributed by atoms with Crippen molar-refractivity contribution in [1.82, 2.24) is 19.5 Å². The van der Waals surface area contributed by atoms with Crippen LogP contribution in [0.2, 0.25) is 0 Å². The third-order valence-electron chi connectivity index (χ3n) is 8.57. The maximum atomic E-state index is 15.9. The van der Waals surface area contributed by atoms with E-state index in [1.54, 1.807) is 9.13 Å². The van der Waals surface area contributed by atoms with Crippen molar-refractivity contribution in [3.63, 3.8) is 0 Å². The van der Waals surface area contributed by atoms with Gasteiger partial charge in [-0.25, -0.2) is 14.7 Å². The van der Waals surface area contributed by atoms with Crippen LogP contribution in [0.4, 0.5) is 15.8 Å². The second-order valence-electron chi connectivity index (χ2n) is 11.6. The number of carbonyl (C=O) groups is 1. The number of hydrogen-bond donors (Lipinski definition) is 3. The Morgan fingerprint density at radius 1 is 1.20 bits per heavy atom. The number of benzene rings is 2. The standard InChI is InChI=1S/C31H34FN7O6S/c1-16-5-8-23-19(11-16)24(33-34-31(46)35-45-4)29(41)39(23)15-37-10-9-36(13-17(37)2)26-22(32)12-20-25(28(26)44-3)38(18-6-7-18)14-21(27(20)40)30(42)43/h5,8,11-12,14,17-18,41H,6-7,9-10,13,15H2,1-4H3,(H,35,46)(H,42,43). The van der Waals surface area contributed by atoms with Crippen LogP contribution >= 0.6 is 12.2 Å². The van der Waals surface area contributed by atoms with Gasteiger partial charge in [-0.05, 0) is 57.1 Å². The average molecular weight is 652 g/mol. The molecule has 0 amide bonds. The lowest BCUT2D eigenvalue weighted by atomic mass is 10.1. The minimum Gasteiger partial charge on any atom is -0.493 e. The fourth-order valence-electron chi connectivity index (χ4n) is 6.20. The lowest BCUT2D eigenvalue weighted by Gasteiger charge is -2.41. The van der Waals surface area contributed by atoms with E-state index < -0.39 is 22.8 Å². The molecular formula is C31H34FN7O6S. The van der Waals surface area contributed by atoms with E-state index in [0.717, 1.165) is 30.0 Å². The van der Waals surface area contributed by atoms with E-state index in [-0.39, 0.29) is 45.6 Å². The van der Waals surface area contributed by atoms with Crippen molar-refractivity contribution >= 4 is 56.5 Å². The molecule has 3 N–H and O–H groups in total. The highest BCUT2D eigenvalue weighted by atomic mass is 32.1. The fourth-order valence-corrected chi connectivity index (χ4v) is 6.32. The zero-order valence-electron chi connectivity index (χ0n) is 25.8.